The van der Waals surface area contributed by atoms with Gasteiger partial charge in [0.15, 0.2) is 5.76 Å². The molecule has 0 atom stereocenters. The molecule has 4 heteroatoms. The molecule has 3 rings (SSSR count). The molecule has 0 aliphatic rings. The molecule has 0 saturated heterocycles. The number of thioether (sulfide) groups is 1. The van der Waals surface area contributed by atoms with Gasteiger partial charge in [0, 0.05) is 4.90 Å². The monoisotopic (exact) mass is 350 g/mol. The van der Waals surface area contributed by atoms with Gasteiger partial charge in [0.1, 0.15) is 11.5 Å². The van der Waals surface area contributed by atoms with Crippen LogP contribution in [0.4, 0.5) is 0 Å². The first kappa shape index (κ1) is 17.1. The number of rotatable bonds is 4. The molecular formula is C21H18O3S. The van der Waals surface area contributed by atoms with E-state index in [1.54, 1.807) is 12.1 Å². The van der Waals surface area contributed by atoms with Gasteiger partial charge in [0.2, 0.25) is 0 Å². The minimum atomic E-state index is -0.123. The van der Waals surface area contributed by atoms with Crippen molar-refractivity contribution >= 4 is 29.0 Å². The van der Waals surface area contributed by atoms with Crippen molar-refractivity contribution in [3.63, 3.8) is 0 Å². The lowest BCUT2D eigenvalue weighted by atomic mass is 10.1. The van der Waals surface area contributed by atoms with Crippen LogP contribution in [-0.2, 0) is 0 Å². The summed E-state index contributed by atoms with van der Waals surface area (Å²) in [5.41, 5.74) is 2.62. The average molecular weight is 350 g/mol. The van der Waals surface area contributed by atoms with Crippen LogP contribution in [0.1, 0.15) is 33.0 Å². The van der Waals surface area contributed by atoms with Crippen LogP contribution in [-0.4, -0.2) is 10.2 Å². The third kappa shape index (κ3) is 4.22. The summed E-state index contributed by atoms with van der Waals surface area (Å²) >= 11 is 1.15. The molecule has 0 spiro atoms. The maximum atomic E-state index is 12.2. The first-order valence-corrected chi connectivity index (χ1v) is 8.70. The number of hydrogen-bond acceptors (Lipinski definition) is 4. The molecule has 1 N–H and O–H groups in total. The summed E-state index contributed by atoms with van der Waals surface area (Å²) in [4.78, 5) is 13.1. The third-order valence-electron chi connectivity index (χ3n) is 3.74. The molecule has 3 nitrogen and oxygen atoms in total. The number of benzene rings is 2. The second-order valence-corrected chi connectivity index (χ2v) is 6.79. The Balaban J connectivity index is 1.72. The molecule has 0 unspecified atom stereocenters. The number of carbonyl (C=O) groups is 1. The quantitative estimate of drug-likeness (QED) is 0.613. The van der Waals surface area contributed by atoms with Crippen LogP contribution >= 0.6 is 11.8 Å². The van der Waals surface area contributed by atoms with Gasteiger partial charge in [-0.25, -0.2) is 0 Å². The predicted molar refractivity (Wildman–Crippen MR) is 102 cm³/mol. The van der Waals surface area contributed by atoms with Gasteiger partial charge < -0.3 is 9.52 Å². The largest absolute Gasteiger partial charge is 0.507 e. The molecule has 0 fully saturated rings. The Labute approximate surface area is 151 Å². The van der Waals surface area contributed by atoms with Gasteiger partial charge in [0.05, 0.1) is 0 Å². The number of aromatic hydroxyl groups is 1. The van der Waals surface area contributed by atoms with Gasteiger partial charge in [0.25, 0.3) is 5.12 Å². The fourth-order valence-corrected chi connectivity index (χ4v) is 3.18. The summed E-state index contributed by atoms with van der Waals surface area (Å²) in [7, 11) is 0. The Hall–Kier alpha value is -2.72. The van der Waals surface area contributed by atoms with Crippen LogP contribution in [0.15, 0.2) is 63.9 Å². The molecule has 0 aliphatic heterocycles. The molecule has 1 heterocycles. The Morgan fingerprint density at radius 3 is 2.36 bits per heavy atom. The molecule has 0 amide bonds. The minimum absolute atomic E-state index is 0.123. The van der Waals surface area contributed by atoms with E-state index in [1.807, 2.05) is 68.5 Å². The zero-order chi connectivity index (χ0) is 17.8. The van der Waals surface area contributed by atoms with E-state index in [0.717, 1.165) is 33.3 Å². The summed E-state index contributed by atoms with van der Waals surface area (Å²) in [6.45, 7) is 3.73. The number of phenolic OH excluding ortho intramolecular Hbond substituents is 1. The van der Waals surface area contributed by atoms with Crippen molar-refractivity contribution in [3.05, 3.63) is 82.8 Å². The molecule has 0 radical (unpaired) electrons. The van der Waals surface area contributed by atoms with E-state index in [9.17, 15) is 9.90 Å². The lowest BCUT2D eigenvalue weighted by molar-refractivity contribution is 0.106. The molecule has 0 saturated carbocycles. The first-order chi connectivity index (χ1) is 12.0. The maximum Gasteiger partial charge on any atom is 0.259 e. The SMILES string of the molecule is Cc1cc(C=Cc2ccc(C(=O)Sc3ccccc3)o2)cc(C)c1O. The second kappa shape index (κ2) is 7.45. The van der Waals surface area contributed by atoms with E-state index < -0.39 is 0 Å². The fourth-order valence-electron chi connectivity index (χ4n) is 2.46. The molecule has 126 valence electrons. The number of aryl methyl sites for hydroxylation is 2. The van der Waals surface area contributed by atoms with E-state index in [-0.39, 0.29) is 5.12 Å². The number of phenols is 1. The Morgan fingerprint density at radius 2 is 1.68 bits per heavy atom. The van der Waals surface area contributed by atoms with Crippen LogP contribution in [0.5, 0.6) is 5.75 Å². The van der Waals surface area contributed by atoms with Gasteiger partial charge in [-0.05, 0) is 84.8 Å². The molecule has 25 heavy (non-hydrogen) atoms. The van der Waals surface area contributed by atoms with Crippen LogP contribution in [0, 0.1) is 13.8 Å². The predicted octanol–water partition coefficient (Wildman–Crippen LogP) is 5.70. The van der Waals surface area contributed by atoms with Crippen molar-refractivity contribution in [3.8, 4) is 5.75 Å². The van der Waals surface area contributed by atoms with Gasteiger partial charge in [-0.2, -0.15) is 0 Å². The molecule has 1 aromatic heterocycles. The van der Waals surface area contributed by atoms with Gasteiger partial charge in [-0.3, -0.25) is 4.79 Å². The highest BCUT2D eigenvalue weighted by molar-refractivity contribution is 8.14. The lowest BCUT2D eigenvalue weighted by Crippen LogP contribution is -1.89. The zero-order valence-corrected chi connectivity index (χ0v) is 14.8. The minimum Gasteiger partial charge on any atom is -0.507 e. The maximum absolute atomic E-state index is 12.2. The lowest BCUT2D eigenvalue weighted by Gasteiger charge is -2.04. The average Bonchev–Trinajstić information content (AvgIpc) is 3.08. The van der Waals surface area contributed by atoms with Crippen molar-refractivity contribution in [2.24, 2.45) is 0 Å². The van der Waals surface area contributed by atoms with Gasteiger partial charge in [-0.1, -0.05) is 24.3 Å². The normalized spacial score (nSPS) is 11.1. The Kier molecular flexibility index (Phi) is 5.10. The van der Waals surface area contributed by atoms with Crippen molar-refractivity contribution in [2.75, 3.05) is 0 Å². The third-order valence-corrected chi connectivity index (χ3v) is 4.63. The van der Waals surface area contributed by atoms with E-state index in [4.69, 9.17) is 4.42 Å². The number of carbonyl (C=O) groups excluding carboxylic acids is 1. The zero-order valence-electron chi connectivity index (χ0n) is 14.0. The van der Waals surface area contributed by atoms with Crippen LogP contribution in [0.25, 0.3) is 12.2 Å². The highest BCUT2D eigenvalue weighted by Crippen LogP contribution is 2.26. The van der Waals surface area contributed by atoms with E-state index in [0.29, 0.717) is 17.3 Å². The topological polar surface area (TPSA) is 50.4 Å². The van der Waals surface area contributed by atoms with Crippen molar-refractivity contribution in [1.29, 1.82) is 0 Å². The molecule has 3 aromatic rings. The summed E-state index contributed by atoms with van der Waals surface area (Å²) in [5, 5.41) is 9.70. The van der Waals surface area contributed by atoms with Crippen LogP contribution in [0.3, 0.4) is 0 Å². The Morgan fingerprint density at radius 1 is 1.00 bits per heavy atom. The highest BCUT2D eigenvalue weighted by Gasteiger charge is 2.12. The van der Waals surface area contributed by atoms with Crippen molar-refractivity contribution in [2.45, 2.75) is 18.7 Å². The smallest absolute Gasteiger partial charge is 0.259 e. The highest BCUT2D eigenvalue weighted by atomic mass is 32.2. The van der Waals surface area contributed by atoms with Crippen LogP contribution in [0.2, 0.25) is 0 Å². The van der Waals surface area contributed by atoms with Crippen molar-refractivity contribution in [1.82, 2.24) is 0 Å². The molecule has 0 bridgehead atoms. The molecular weight excluding hydrogens is 332 g/mol. The van der Waals surface area contributed by atoms with Gasteiger partial charge >= 0.3 is 0 Å². The first-order valence-electron chi connectivity index (χ1n) is 7.88. The molecule has 2 aromatic carbocycles. The summed E-state index contributed by atoms with van der Waals surface area (Å²) in [6.07, 6.45) is 3.71. The van der Waals surface area contributed by atoms with Crippen molar-refractivity contribution < 1.29 is 14.3 Å². The van der Waals surface area contributed by atoms with E-state index in [1.165, 1.54) is 0 Å². The Bertz CT molecular complexity index is 900. The van der Waals surface area contributed by atoms with Crippen LogP contribution < -0.4 is 0 Å². The summed E-state index contributed by atoms with van der Waals surface area (Å²) in [6, 6.07) is 16.8. The van der Waals surface area contributed by atoms with E-state index in [2.05, 4.69) is 0 Å². The molecule has 0 aliphatic carbocycles. The fraction of sp³-hybridized carbons (Fsp3) is 0.0952. The standard InChI is InChI=1S/C21H18O3S/c1-14-12-16(13-15(2)20(14)22)8-9-17-10-11-19(24-17)21(23)25-18-6-4-3-5-7-18/h3-13,22H,1-2H3. The van der Waals surface area contributed by atoms with Gasteiger partial charge in [-0.15, -0.1) is 0 Å². The summed E-state index contributed by atoms with van der Waals surface area (Å²) in [5.74, 6) is 1.26. The summed E-state index contributed by atoms with van der Waals surface area (Å²) < 4.78 is 5.62. The second-order valence-electron chi connectivity index (χ2n) is 5.74. The van der Waals surface area contributed by atoms with E-state index >= 15 is 0 Å². The number of hydrogen-bond donors (Lipinski definition) is 1. The number of furan rings is 1.